The SMILES string of the molecule is CC(COCc1cccc(C(F)(F)F)c1)OC(=O)NCc1ccccc1. The number of ether oxygens (including phenoxy) is 2. The first-order valence-corrected chi connectivity index (χ1v) is 8.07. The number of alkyl carbamates (subject to hydrolysis) is 1. The van der Waals surface area contributed by atoms with Crippen LogP contribution in [0.4, 0.5) is 18.0 Å². The molecule has 1 unspecified atom stereocenters. The predicted octanol–water partition coefficient (Wildman–Crippen LogP) is 4.54. The third-order valence-corrected chi connectivity index (χ3v) is 3.46. The zero-order valence-corrected chi connectivity index (χ0v) is 14.3. The van der Waals surface area contributed by atoms with Crippen LogP contribution in [0.15, 0.2) is 54.6 Å². The Balaban J connectivity index is 1.70. The Morgan fingerprint density at radius 2 is 1.77 bits per heavy atom. The molecule has 0 saturated carbocycles. The van der Waals surface area contributed by atoms with E-state index in [0.717, 1.165) is 17.7 Å². The van der Waals surface area contributed by atoms with E-state index in [2.05, 4.69) is 5.32 Å². The molecule has 0 fully saturated rings. The maximum absolute atomic E-state index is 12.7. The van der Waals surface area contributed by atoms with E-state index in [1.807, 2.05) is 30.3 Å². The van der Waals surface area contributed by atoms with Gasteiger partial charge in [-0.15, -0.1) is 0 Å². The summed E-state index contributed by atoms with van der Waals surface area (Å²) in [6, 6.07) is 14.3. The van der Waals surface area contributed by atoms with Gasteiger partial charge < -0.3 is 14.8 Å². The summed E-state index contributed by atoms with van der Waals surface area (Å²) < 4.78 is 48.4. The number of benzene rings is 2. The second-order valence-corrected chi connectivity index (χ2v) is 5.77. The summed E-state index contributed by atoms with van der Waals surface area (Å²) in [4.78, 5) is 11.7. The molecular weight excluding hydrogens is 347 g/mol. The number of carbonyl (C=O) groups excluding carboxylic acids is 1. The molecule has 0 aromatic heterocycles. The number of hydrogen-bond acceptors (Lipinski definition) is 3. The van der Waals surface area contributed by atoms with E-state index in [1.54, 1.807) is 13.0 Å². The van der Waals surface area contributed by atoms with E-state index in [9.17, 15) is 18.0 Å². The van der Waals surface area contributed by atoms with E-state index in [-0.39, 0.29) is 13.2 Å². The highest BCUT2D eigenvalue weighted by atomic mass is 19.4. The van der Waals surface area contributed by atoms with Crippen molar-refractivity contribution in [2.75, 3.05) is 6.61 Å². The largest absolute Gasteiger partial charge is 0.444 e. The van der Waals surface area contributed by atoms with Crippen molar-refractivity contribution in [3.63, 3.8) is 0 Å². The van der Waals surface area contributed by atoms with Gasteiger partial charge in [-0.25, -0.2) is 4.79 Å². The molecule has 0 spiro atoms. The van der Waals surface area contributed by atoms with Crippen LogP contribution in [-0.4, -0.2) is 18.8 Å². The topological polar surface area (TPSA) is 47.6 Å². The van der Waals surface area contributed by atoms with Gasteiger partial charge in [0, 0.05) is 6.54 Å². The summed E-state index contributed by atoms with van der Waals surface area (Å²) in [5, 5.41) is 2.62. The van der Waals surface area contributed by atoms with E-state index in [1.165, 1.54) is 6.07 Å². The van der Waals surface area contributed by atoms with Crippen molar-refractivity contribution in [3.8, 4) is 0 Å². The average molecular weight is 367 g/mol. The summed E-state index contributed by atoms with van der Waals surface area (Å²) in [7, 11) is 0. The lowest BCUT2D eigenvalue weighted by Crippen LogP contribution is -2.29. The maximum Gasteiger partial charge on any atom is 0.416 e. The number of rotatable bonds is 7. The molecule has 26 heavy (non-hydrogen) atoms. The number of hydrogen-bond donors (Lipinski definition) is 1. The van der Waals surface area contributed by atoms with Gasteiger partial charge in [-0.05, 0) is 30.2 Å². The van der Waals surface area contributed by atoms with Crippen LogP contribution in [0, 0.1) is 0 Å². The highest BCUT2D eigenvalue weighted by Gasteiger charge is 2.30. The van der Waals surface area contributed by atoms with Crippen LogP contribution in [0.1, 0.15) is 23.6 Å². The third kappa shape index (κ3) is 6.76. The molecular formula is C19H20F3NO3. The minimum Gasteiger partial charge on any atom is -0.444 e. The fourth-order valence-corrected chi connectivity index (χ4v) is 2.21. The summed E-state index contributed by atoms with van der Waals surface area (Å²) >= 11 is 0. The van der Waals surface area contributed by atoms with Crippen LogP contribution in [0.2, 0.25) is 0 Å². The van der Waals surface area contributed by atoms with Crippen molar-refractivity contribution < 1.29 is 27.4 Å². The van der Waals surface area contributed by atoms with Gasteiger partial charge in [0.25, 0.3) is 0 Å². The monoisotopic (exact) mass is 367 g/mol. The zero-order chi connectivity index (χ0) is 19.0. The molecule has 0 aliphatic heterocycles. The summed E-state index contributed by atoms with van der Waals surface area (Å²) in [6.07, 6.45) is -5.50. The first-order valence-electron chi connectivity index (χ1n) is 8.07. The Morgan fingerprint density at radius 3 is 2.46 bits per heavy atom. The molecule has 0 aliphatic rings. The molecule has 0 bridgehead atoms. The van der Waals surface area contributed by atoms with E-state index in [4.69, 9.17) is 9.47 Å². The minimum absolute atomic E-state index is 0.00323. The standard InChI is InChI=1S/C19H20F3NO3/c1-14(26-18(24)23-11-15-6-3-2-4-7-15)12-25-13-16-8-5-9-17(10-16)19(20,21)22/h2-10,14H,11-13H2,1H3,(H,23,24). The lowest BCUT2D eigenvalue weighted by Gasteiger charge is -2.15. The fourth-order valence-electron chi connectivity index (χ4n) is 2.21. The van der Waals surface area contributed by atoms with Crippen LogP contribution in [0.3, 0.4) is 0 Å². The van der Waals surface area contributed by atoms with Gasteiger partial charge in [0.1, 0.15) is 6.10 Å². The Bertz CT molecular complexity index is 705. The normalized spacial score (nSPS) is 12.5. The molecule has 0 saturated heterocycles. The molecule has 1 amide bonds. The molecule has 4 nitrogen and oxygen atoms in total. The van der Waals surface area contributed by atoms with Crippen LogP contribution in [0.25, 0.3) is 0 Å². The molecule has 1 atom stereocenters. The minimum atomic E-state index is -4.39. The van der Waals surface area contributed by atoms with Crippen molar-refractivity contribution in [2.24, 2.45) is 0 Å². The molecule has 1 N–H and O–H groups in total. The molecule has 2 aromatic rings. The summed E-state index contributed by atoms with van der Waals surface area (Å²) in [6.45, 7) is 2.07. The molecule has 0 heterocycles. The Kier molecular flexibility index (Phi) is 7.03. The molecule has 7 heteroatoms. The van der Waals surface area contributed by atoms with Crippen molar-refractivity contribution >= 4 is 6.09 Å². The summed E-state index contributed by atoms with van der Waals surface area (Å²) in [5.41, 5.74) is 0.627. The van der Waals surface area contributed by atoms with Gasteiger partial charge >= 0.3 is 12.3 Å². The van der Waals surface area contributed by atoms with Crippen LogP contribution in [-0.2, 0) is 28.8 Å². The Hall–Kier alpha value is -2.54. The number of amides is 1. The van der Waals surface area contributed by atoms with Crippen molar-refractivity contribution in [3.05, 3.63) is 71.3 Å². The highest BCUT2D eigenvalue weighted by molar-refractivity contribution is 5.67. The van der Waals surface area contributed by atoms with Crippen LogP contribution < -0.4 is 5.32 Å². The molecule has 0 radical (unpaired) electrons. The molecule has 2 rings (SSSR count). The molecule has 140 valence electrons. The Labute approximate surface area is 149 Å². The smallest absolute Gasteiger partial charge is 0.416 e. The van der Waals surface area contributed by atoms with E-state index < -0.39 is 23.9 Å². The lowest BCUT2D eigenvalue weighted by molar-refractivity contribution is -0.137. The molecule has 2 aromatic carbocycles. The second kappa shape index (κ2) is 9.24. The van der Waals surface area contributed by atoms with Crippen molar-refractivity contribution in [1.29, 1.82) is 0 Å². The average Bonchev–Trinajstić information content (AvgIpc) is 2.60. The van der Waals surface area contributed by atoms with Gasteiger partial charge in [0.05, 0.1) is 18.8 Å². The van der Waals surface area contributed by atoms with Crippen molar-refractivity contribution in [1.82, 2.24) is 5.32 Å². The highest BCUT2D eigenvalue weighted by Crippen LogP contribution is 2.29. The van der Waals surface area contributed by atoms with Gasteiger partial charge in [-0.2, -0.15) is 13.2 Å². The maximum atomic E-state index is 12.7. The number of halogens is 3. The number of nitrogens with one attached hydrogen (secondary N) is 1. The number of alkyl halides is 3. The van der Waals surface area contributed by atoms with Gasteiger partial charge in [-0.1, -0.05) is 42.5 Å². The van der Waals surface area contributed by atoms with Crippen LogP contribution in [0.5, 0.6) is 0 Å². The van der Waals surface area contributed by atoms with Crippen LogP contribution >= 0.6 is 0 Å². The predicted molar refractivity (Wildman–Crippen MR) is 90.3 cm³/mol. The van der Waals surface area contributed by atoms with Gasteiger partial charge in [0.2, 0.25) is 0 Å². The number of carbonyl (C=O) groups is 1. The van der Waals surface area contributed by atoms with Gasteiger partial charge in [0.15, 0.2) is 0 Å². The summed E-state index contributed by atoms with van der Waals surface area (Å²) in [5.74, 6) is 0. The molecule has 0 aliphatic carbocycles. The fraction of sp³-hybridized carbons (Fsp3) is 0.316. The van der Waals surface area contributed by atoms with E-state index >= 15 is 0 Å². The first kappa shape index (κ1) is 19.8. The quantitative estimate of drug-likeness (QED) is 0.782. The third-order valence-electron chi connectivity index (χ3n) is 3.46. The van der Waals surface area contributed by atoms with Crippen molar-refractivity contribution in [2.45, 2.75) is 32.4 Å². The van der Waals surface area contributed by atoms with E-state index in [0.29, 0.717) is 12.1 Å². The Morgan fingerprint density at radius 1 is 1.08 bits per heavy atom. The second-order valence-electron chi connectivity index (χ2n) is 5.77. The first-order chi connectivity index (χ1) is 12.3. The van der Waals surface area contributed by atoms with Gasteiger partial charge in [-0.3, -0.25) is 0 Å². The zero-order valence-electron chi connectivity index (χ0n) is 14.3. The lowest BCUT2D eigenvalue weighted by atomic mass is 10.1.